The van der Waals surface area contributed by atoms with Crippen LogP contribution in [0.2, 0.25) is 5.02 Å². The van der Waals surface area contributed by atoms with Crippen molar-refractivity contribution in [2.24, 2.45) is 0 Å². The van der Waals surface area contributed by atoms with Crippen molar-refractivity contribution in [3.63, 3.8) is 0 Å². The van der Waals surface area contributed by atoms with E-state index in [0.29, 0.717) is 34.8 Å². The molecule has 1 aliphatic heterocycles. The summed E-state index contributed by atoms with van der Waals surface area (Å²) in [5.41, 5.74) is 3.93. The van der Waals surface area contributed by atoms with E-state index in [1.807, 2.05) is 31.2 Å². The Morgan fingerprint density at radius 2 is 1.85 bits per heavy atom. The third kappa shape index (κ3) is 4.93. The molecule has 7 heteroatoms. The van der Waals surface area contributed by atoms with Crippen molar-refractivity contribution in [2.75, 3.05) is 25.5 Å². The van der Waals surface area contributed by atoms with E-state index in [1.54, 1.807) is 16.7 Å². The van der Waals surface area contributed by atoms with Gasteiger partial charge in [-0.05, 0) is 89.5 Å². The van der Waals surface area contributed by atoms with Gasteiger partial charge in [0, 0.05) is 59.2 Å². The number of allylic oxidation sites excluding steroid dienone is 1. The van der Waals surface area contributed by atoms with Crippen LogP contribution in [0.15, 0.2) is 35.1 Å². The average molecular weight is 483 g/mol. The fourth-order valence-electron chi connectivity index (χ4n) is 5.37. The largest absolute Gasteiger partial charge is 0.369 e. The van der Waals surface area contributed by atoms with Crippen molar-refractivity contribution >= 4 is 29.3 Å². The van der Waals surface area contributed by atoms with Crippen molar-refractivity contribution < 1.29 is 4.79 Å². The molecule has 0 atom stereocenters. The minimum absolute atomic E-state index is 0.0585. The summed E-state index contributed by atoms with van der Waals surface area (Å²) < 4.78 is 1.72. The molecule has 0 saturated heterocycles. The zero-order valence-corrected chi connectivity index (χ0v) is 21.4. The highest BCUT2D eigenvalue weighted by molar-refractivity contribution is 6.31. The van der Waals surface area contributed by atoms with E-state index in [0.717, 1.165) is 36.3 Å². The standard InChI is InChI=1S/C27H35ClN4O2/c1-5-31(23-12-10-21(11-13-23)30(3)4)25-16-20(28)15-24(18(25)2)26(33)29-17-19-8-9-22-7-6-14-32(22)27(19)34/h6-9,15-16,21,23H,5,10-14,17H2,1-4H3,(H,29,33). The lowest BCUT2D eigenvalue weighted by Gasteiger charge is -2.40. The molecule has 0 bridgehead atoms. The lowest BCUT2D eigenvalue weighted by Crippen LogP contribution is -2.42. The Morgan fingerprint density at radius 3 is 2.53 bits per heavy atom. The molecule has 6 nitrogen and oxygen atoms in total. The Labute approximate surface area is 207 Å². The molecule has 1 amide bonds. The molecule has 1 saturated carbocycles. The lowest BCUT2D eigenvalue weighted by atomic mass is 9.89. The van der Waals surface area contributed by atoms with Gasteiger partial charge in [0.1, 0.15) is 0 Å². The van der Waals surface area contributed by atoms with E-state index < -0.39 is 0 Å². The van der Waals surface area contributed by atoms with Crippen molar-refractivity contribution in [3.05, 3.63) is 68.1 Å². The van der Waals surface area contributed by atoms with Gasteiger partial charge < -0.3 is 19.7 Å². The SMILES string of the molecule is CCN(c1cc(Cl)cc(C(=O)NCc2ccc3n(c2=O)CC=C3)c1C)C1CCC(N(C)C)CC1. The van der Waals surface area contributed by atoms with E-state index in [1.165, 1.54) is 12.8 Å². The summed E-state index contributed by atoms with van der Waals surface area (Å²) in [5.74, 6) is -0.211. The van der Waals surface area contributed by atoms with Crippen LogP contribution in [0, 0.1) is 6.92 Å². The van der Waals surface area contributed by atoms with Crippen LogP contribution < -0.4 is 15.8 Å². The highest BCUT2D eigenvalue weighted by atomic mass is 35.5. The normalized spacial score (nSPS) is 19.4. The molecule has 0 radical (unpaired) electrons. The number of carbonyl (C=O) groups is 1. The molecule has 2 heterocycles. The summed E-state index contributed by atoms with van der Waals surface area (Å²) in [6, 6.07) is 8.49. The summed E-state index contributed by atoms with van der Waals surface area (Å²) in [4.78, 5) is 30.6. The number of rotatable bonds is 7. The second-order valence-corrected chi connectivity index (χ2v) is 10.0. The van der Waals surface area contributed by atoms with E-state index in [2.05, 4.69) is 36.1 Å². The number of anilines is 1. The van der Waals surface area contributed by atoms with Gasteiger partial charge in [0.15, 0.2) is 0 Å². The van der Waals surface area contributed by atoms with Gasteiger partial charge in [-0.2, -0.15) is 0 Å². The Morgan fingerprint density at radius 1 is 1.15 bits per heavy atom. The zero-order chi connectivity index (χ0) is 24.4. The van der Waals surface area contributed by atoms with Crippen molar-refractivity contribution in [2.45, 2.75) is 64.7 Å². The van der Waals surface area contributed by atoms with Crippen LogP contribution in [0.25, 0.3) is 6.08 Å². The number of pyridine rings is 1. The monoisotopic (exact) mass is 482 g/mol. The van der Waals surface area contributed by atoms with E-state index >= 15 is 0 Å². The molecule has 1 aromatic heterocycles. The molecule has 0 unspecified atom stereocenters. The summed E-state index contributed by atoms with van der Waals surface area (Å²) in [6.07, 6.45) is 8.50. The minimum atomic E-state index is -0.211. The number of nitrogens with zero attached hydrogens (tertiary/aromatic N) is 3. The summed E-state index contributed by atoms with van der Waals surface area (Å²) in [5, 5.41) is 3.49. The molecule has 4 rings (SSSR count). The van der Waals surface area contributed by atoms with Gasteiger partial charge in [-0.1, -0.05) is 17.7 Å². The second-order valence-electron chi connectivity index (χ2n) is 9.59. The molecule has 2 aliphatic rings. The minimum Gasteiger partial charge on any atom is -0.369 e. The highest BCUT2D eigenvalue weighted by Gasteiger charge is 2.28. The molecule has 1 aliphatic carbocycles. The predicted octanol–water partition coefficient (Wildman–Crippen LogP) is 4.47. The van der Waals surface area contributed by atoms with E-state index in [4.69, 9.17) is 11.6 Å². The zero-order valence-electron chi connectivity index (χ0n) is 20.6. The fourth-order valence-corrected chi connectivity index (χ4v) is 5.58. The maximum atomic E-state index is 13.2. The first-order chi connectivity index (χ1) is 16.3. The highest BCUT2D eigenvalue weighted by Crippen LogP contribution is 2.34. The molecular formula is C27H35ClN4O2. The van der Waals surface area contributed by atoms with Crippen molar-refractivity contribution in [3.8, 4) is 0 Å². The number of amides is 1. The first kappa shape index (κ1) is 24.6. The molecule has 0 spiro atoms. The van der Waals surface area contributed by atoms with Crippen molar-refractivity contribution in [1.82, 2.24) is 14.8 Å². The van der Waals surface area contributed by atoms with Crippen LogP contribution in [0.4, 0.5) is 5.69 Å². The average Bonchev–Trinajstić information content (AvgIpc) is 3.31. The second kappa shape index (κ2) is 10.4. The van der Waals surface area contributed by atoms with Gasteiger partial charge in [-0.25, -0.2) is 0 Å². The number of hydrogen-bond acceptors (Lipinski definition) is 4. The van der Waals surface area contributed by atoms with Gasteiger partial charge in [0.25, 0.3) is 11.5 Å². The van der Waals surface area contributed by atoms with Crippen LogP contribution in [-0.4, -0.2) is 48.1 Å². The van der Waals surface area contributed by atoms with Crippen LogP contribution in [0.3, 0.4) is 0 Å². The first-order valence-corrected chi connectivity index (χ1v) is 12.6. The third-order valence-corrected chi connectivity index (χ3v) is 7.60. The molecule has 1 fully saturated rings. The summed E-state index contributed by atoms with van der Waals surface area (Å²) >= 11 is 6.50. The number of carbonyl (C=O) groups excluding carboxylic acids is 1. The molecule has 34 heavy (non-hydrogen) atoms. The Balaban J connectivity index is 1.51. The van der Waals surface area contributed by atoms with Crippen LogP contribution in [-0.2, 0) is 13.1 Å². The topological polar surface area (TPSA) is 57.6 Å². The van der Waals surface area contributed by atoms with Crippen LogP contribution >= 0.6 is 11.6 Å². The number of hydrogen-bond donors (Lipinski definition) is 1. The number of aromatic nitrogens is 1. The molecular weight excluding hydrogens is 448 g/mol. The van der Waals surface area contributed by atoms with Gasteiger partial charge in [0.2, 0.25) is 0 Å². The maximum Gasteiger partial charge on any atom is 0.256 e. The first-order valence-electron chi connectivity index (χ1n) is 12.2. The number of benzene rings is 1. The summed E-state index contributed by atoms with van der Waals surface area (Å²) in [7, 11) is 4.31. The number of fused-ring (bicyclic) bond motifs is 1. The van der Waals surface area contributed by atoms with E-state index in [9.17, 15) is 9.59 Å². The quantitative estimate of drug-likeness (QED) is 0.632. The predicted molar refractivity (Wildman–Crippen MR) is 140 cm³/mol. The smallest absolute Gasteiger partial charge is 0.256 e. The lowest BCUT2D eigenvalue weighted by molar-refractivity contribution is 0.0950. The van der Waals surface area contributed by atoms with Crippen molar-refractivity contribution in [1.29, 1.82) is 0 Å². The molecule has 1 N–H and O–H groups in total. The Kier molecular flexibility index (Phi) is 7.48. The van der Waals surface area contributed by atoms with Gasteiger partial charge in [-0.3, -0.25) is 9.59 Å². The molecule has 2 aromatic rings. The summed E-state index contributed by atoms with van der Waals surface area (Å²) in [6.45, 7) is 5.78. The Bertz CT molecular complexity index is 1150. The Hall–Kier alpha value is -2.57. The van der Waals surface area contributed by atoms with Crippen LogP contribution in [0.1, 0.15) is 59.8 Å². The van der Waals surface area contributed by atoms with E-state index in [-0.39, 0.29) is 18.0 Å². The van der Waals surface area contributed by atoms with Gasteiger partial charge in [-0.15, -0.1) is 0 Å². The van der Waals surface area contributed by atoms with Gasteiger partial charge in [0.05, 0.1) is 0 Å². The fraction of sp³-hybridized carbons (Fsp3) is 0.481. The number of nitrogens with one attached hydrogen (secondary N) is 1. The maximum absolute atomic E-state index is 13.2. The molecule has 182 valence electrons. The van der Waals surface area contributed by atoms with Gasteiger partial charge >= 0.3 is 0 Å². The van der Waals surface area contributed by atoms with Crippen LogP contribution in [0.5, 0.6) is 0 Å². The third-order valence-electron chi connectivity index (χ3n) is 7.38. The molecule has 1 aromatic carbocycles. The number of halogens is 1.